The highest BCUT2D eigenvalue weighted by atomic mass is 79.9. The third-order valence-electron chi connectivity index (χ3n) is 1.92. The van der Waals surface area contributed by atoms with Crippen LogP contribution in [0.1, 0.15) is 5.56 Å². The Bertz CT molecular complexity index is 312. The molecule has 1 aromatic rings. The molecule has 0 saturated carbocycles. The van der Waals surface area contributed by atoms with Gasteiger partial charge in [0.05, 0.1) is 13.2 Å². The van der Waals surface area contributed by atoms with E-state index in [0.29, 0.717) is 19.1 Å². The SMILES string of the molecule is Cc1cc(OC2COC2)ncc1Br. The Morgan fingerprint density at radius 2 is 2.38 bits per heavy atom. The average Bonchev–Trinajstić information content (AvgIpc) is 2.04. The predicted octanol–water partition coefficient (Wildman–Crippen LogP) is 1.93. The lowest BCUT2D eigenvalue weighted by molar-refractivity contribution is -0.0813. The lowest BCUT2D eigenvalue weighted by Crippen LogP contribution is -2.38. The van der Waals surface area contributed by atoms with Crippen molar-refractivity contribution in [1.82, 2.24) is 4.98 Å². The lowest BCUT2D eigenvalue weighted by atomic mass is 10.3. The van der Waals surface area contributed by atoms with Crippen molar-refractivity contribution in [2.75, 3.05) is 13.2 Å². The fraction of sp³-hybridized carbons (Fsp3) is 0.444. The third kappa shape index (κ3) is 2.00. The monoisotopic (exact) mass is 243 g/mol. The molecule has 0 amide bonds. The highest BCUT2D eigenvalue weighted by Gasteiger charge is 2.20. The molecule has 0 atom stereocenters. The number of hydrogen-bond acceptors (Lipinski definition) is 3. The van der Waals surface area contributed by atoms with Gasteiger partial charge < -0.3 is 9.47 Å². The average molecular weight is 244 g/mol. The van der Waals surface area contributed by atoms with Crippen LogP contribution in [0.4, 0.5) is 0 Å². The van der Waals surface area contributed by atoms with Crippen LogP contribution in [0.2, 0.25) is 0 Å². The number of ether oxygens (including phenoxy) is 2. The molecule has 1 aliphatic rings. The van der Waals surface area contributed by atoms with Crippen molar-refractivity contribution in [3.05, 3.63) is 22.3 Å². The largest absolute Gasteiger partial charge is 0.469 e. The predicted molar refractivity (Wildman–Crippen MR) is 51.9 cm³/mol. The number of hydrogen-bond donors (Lipinski definition) is 0. The van der Waals surface area contributed by atoms with Crippen LogP contribution in [0.3, 0.4) is 0 Å². The third-order valence-corrected chi connectivity index (χ3v) is 2.75. The first-order chi connectivity index (χ1) is 6.25. The Kier molecular flexibility index (Phi) is 2.51. The van der Waals surface area contributed by atoms with Crippen LogP contribution in [-0.4, -0.2) is 24.3 Å². The molecule has 3 nitrogen and oxygen atoms in total. The van der Waals surface area contributed by atoms with Gasteiger partial charge in [0.25, 0.3) is 0 Å². The van der Waals surface area contributed by atoms with Gasteiger partial charge in [0.15, 0.2) is 0 Å². The van der Waals surface area contributed by atoms with Crippen molar-refractivity contribution < 1.29 is 9.47 Å². The van der Waals surface area contributed by atoms with Crippen molar-refractivity contribution in [1.29, 1.82) is 0 Å². The van der Waals surface area contributed by atoms with E-state index in [1.165, 1.54) is 0 Å². The zero-order valence-corrected chi connectivity index (χ0v) is 8.87. The van der Waals surface area contributed by atoms with Crippen LogP contribution in [0.5, 0.6) is 5.88 Å². The van der Waals surface area contributed by atoms with Gasteiger partial charge in [0.2, 0.25) is 5.88 Å². The first-order valence-electron chi connectivity index (χ1n) is 4.12. The molecule has 1 saturated heterocycles. The first-order valence-corrected chi connectivity index (χ1v) is 4.91. The fourth-order valence-corrected chi connectivity index (χ4v) is 1.25. The number of halogens is 1. The Hall–Kier alpha value is -0.610. The molecule has 70 valence electrons. The summed E-state index contributed by atoms with van der Waals surface area (Å²) < 4.78 is 11.5. The quantitative estimate of drug-likeness (QED) is 0.796. The molecule has 1 fully saturated rings. The maximum atomic E-state index is 5.53. The Labute approximate surface area is 85.2 Å². The number of rotatable bonds is 2. The number of nitrogens with zero attached hydrogens (tertiary/aromatic N) is 1. The number of aryl methyl sites for hydroxylation is 1. The van der Waals surface area contributed by atoms with Crippen LogP contribution in [0.25, 0.3) is 0 Å². The molecule has 1 aromatic heterocycles. The molecule has 0 N–H and O–H groups in total. The maximum Gasteiger partial charge on any atom is 0.213 e. The minimum Gasteiger partial charge on any atom is -0.469 e. The molecular formula is C9H10BrNO2. The van der Waals surface area contributed by atoms with Crippen LogP contribution >= 0.6 is 15.9 Å². The van der Waals surface area contributed by atoms with Gasteiger partial charge in [0.1, 0.15) is 6.10 Å². The van der Waals surface area contributed by atoms with Crippen molar-refractivity contribution in [2.45, 2.75) is 13.0 Å². The molecule has 0 aromatic carbocycles. The van der Waals surface area contributed by atoms with E-state index in [9.17, 15) is 0 Å². The second kappa shape index (κ2) is 3.64. The molecule has 0 radical (unpaired) electrons. The van der Waals surface area contributed by atoms with E-state index in [4.69, 9.17) is 9.47 Å². The van der Waals surface area contributed by atoms with Gasteiger partial charge in [-0.05, 0) is 28.4 Å². The van der Waals surface area contributed by atoms with Crippen molar-refractivity contribution in [2.24, 2.45) is 0 Å². The van der Waals surface area contributed by atoms with Gasteiger partial charge in [-0.2, -0.15) is 0 Å². The van der Waals surface area contributed by atoms with E-state index in [-0.39, 0.29) is 6.10 Å². The number of aromatic nitrogens is 1. The van der Waals surface area contributed by atoms with Gasteiger partial charge in [-0.1, -0.05) is 0 Å². The zero-order chi connectivity index (χ0) is 9.26. The maximum absolute atomic E-state index is 5.53. The van der Waals surface area contributed by atoms with E-state index < -0.39 is 0 Å². The molecule has 2 heterocycles. The summed E-state index contributed by atoms with van der Waals surface area (Å²) in [5.41, 5.74) is 1.13. The van der Waals surface area contributed by atoms with E-state index in [1.54, 1.807) is 6.20 Å². The first kappa shape index (κ1) is 8.97. The van der Waals surface area contributed by atoms with E-state index in [1.807, 2.05) is 13.0 Å². The lowest BCUT2D eigenvalue weighted by Gasteiger charge is -2.26. The van der Waals surface area contributed by atoms with Crippen molar-refractivity contribution in [3.8, 4) is 5.88 Å². The van der Waals surface area contributed by atoms with Gasteiger partial charge in [-0.3, -0.25) is 0 Å². The Balaban J connectivity index is 2.07. The molecule has 0 unspecified atom stereocenters. The molecule has 0 spiro atoms. The molecule has 13 heavy (non-hydrogen) atoms. The van der Waals surface area contributed by atoms with Crippen molar-refractivity contribution in [3.63, 3.8) is 0 Å². The van der Waals surface area contributed by atoms with E-state index in [0.717, 1.165) is 10.0 Å². The van der Waals surface area contributed by atoms with E-state index >= 15 is 0 Å². The van der Waals surface area contributed by atoms with Gasteiger partial charge in [0, 0.05) is 16.7 Å². The summed E-state index contributed by atoms with van der Waals surface area (Å²) in [5, 5.41) is 0. The Morgan fingerprint density at radius 3 is 2.92 bits per heavy atom. The van der Waals surface area contributed by atoms with Gasteiger partial charge >= 0.3 is 0 Å². The summed E-state index contributed by atoms with van der Waals surface area (Å²) in [7, 11) is 0. The highest BCUT2D eigenvalue weighted by molar-refractivity contribution is 9.10. The second-order valence-electron chi connectivity index (χ2n) is 3.05. The minimum absolute atomic E-state index is 0.188. The van der Waals surface area contributed by atoms with Crippen LogP contribution in [0, 0.1) is 6.92 Å². The summed E-state index contributed by atoms with van der Waals surface area (Å²) in [6.45, 7) is 3.36. The smallest absolute Gasteiger partial charge is 0.213 e. The minimum atomic E-state index is 0.188. The van der Waals surface area contributed by atoms with Crippen LogP contribution in [0.15, 0.2) is 16.7 Å². The summed E-state index contributed by atoms with van der Waals surface area (Å²) in [6.07, 6.45) is 1.94. The molecule has 0 bridgehead atoms. The van der Waals surface area contributed by atoms with Gasteiger partial charge in [-0.25, -0.2) is 4.98 Å². The molecule has 2 rings (SSSR count). The zero-order valence-electron chi connectivity index (χ0n) is 7.29. The highest BCUT2D eigenvalue weighted by Crippen LogP contribution is 2.20. The standard InChI is InChI=1S/C9H10BrNO2/c1-6-2-9(11-3-8(6)10)13-7-4-12-5-7/h2-3,7H,4-5H2,1H3. The summed E-state index contributed by atoms with van der Waals surface area (Å²) >= 11 is 3.38. The van der Waals surface area contributed by atoms with E-state index in [2.05, 4.69) is 20.9 Å². The van der Waals surface area contributed by atoms with Gasteiger partial charge in [-0.15, -0.1) is 0 Å². The molecule has 1 aliphatic heterocycles. The molecular weight excluding hydrogens is 234 g/mol. The summed E-state index contributed by atoms with van der Waals surface area (Å²) in [5.74, 6) is 0.675. The molecule has 4 heteroatoms. The summed E-state index contributed by atoms with van der Waals surface area (Å²) in [4.78, 5) is 4.14. The normalized spacial score (nSPS) is 16.8. The second-order valence-corrected chi connectivity index (χ2v) is 3.90. The van der Waals surface area contributed by atoms with Crippen LogP contribution < -0.4 is 4.74 Å². The number of pyridine rings is 1. The summed E-state index contributed by atoms with van der Waals surface area (Å²) in [6, 6.07) is 1.92. The molecule has 0 aliphatic carbocycles. The van der Waals surface area contributed by atoms with Crippen LogP contribution in [-0.2, 0) is 4.74 Å². The Morgan fingerprint density at radius 1 is 1.62 bits per heavy atom. The van der Waals surface area contributed by atoms with Crippen molar-refractivity contribution >= 4 is 15.9 Å². The fourth-order valence-electron chi connectivity index (χ4n) is 1.03. The topological polar surface area (TPSA) is 31.4 Å².